The van der Waals surface area contributed by atoms with Crippen molar-refractivity contribution < 1.29 is 14.0 Å². The highest BCUT2D eigenvalue weighted by atomic mass is 35.5. The van der Waals surface area contributed by atoms with Crippen LogP contribution in [-0.2, 0) is 28.3 Å². The van der Waals surface area contributed by atoms with Crippen LogP contribution in [0.25, 0.3) is 0 Å². The van der Waals surface area contributed by atoms with E-state index in [1.165, 1.54) is 24.2 Å². The normalized spacial score (nSPS) is 14.6. The van der Waals surface area contributed by atoms with Crippen molar-refractivity contribution in [2.45, 2.75) is 62.9 Å². The molecular weight excluding hydrogens is 519 g/mol. The van der Waals surface area contributed by atoms with Gasteiger partial charge in [-0.3, -0.25) is 9.59 Å². The maximum Gasteiger partial charge on any atom is 0.243 e. The van der Waals surface area contributed by atoms with Crippen molar-refractivity contribution in [3.05, 3.63) is 106 Å². The van der Waals surface area contributed by atoms with Gasteiger partial charge in [-0.15, -0.1) is 11.8 Å². The number of carbonyl (C=O) groups is 2. The first-order valence-electron chi connectivity index (χ1n) is 13.2. The summed E-state index contributed by atoms with van der Waals surface area (Å²) in [7, 11) is 0. The molecule has 0 bridgehead atoms. The van der Waals surface area contributed by atoms with Gasteiger partial charge in [0.15, 0.2) is 0 Å². The predicted molar refractivity (Wildman–Crippen MR) is 154 cm³/mol. The van der Waals surface area contributed by atoms with Gasteiger partial charge in [-0.25, -0.2) is 4.39 Å². The third-order valence-corrected chi connectivity index (χ3v) is 8.15. The minimum atomic E-state index is -0.670. The van der Waals surface area contributed by atoms with Crippen LogP contribution in [0.1, 0.15) is 48.8 Å². The minimum Gasteiger partial charge on any atom is -0.352 e. The number of rotatable bonds is 11. The fourth-order valence-electron chi connectivity index (χ4n) is 4.83. The number of amides is 2. The van der Waals surface area contributed by atoms with Gasteiger partial charge in [0.25, 0.3) is 0 Å². The van der Waals surface area contributed by atoms with Gasteiger partial charge in [0.2, 0.25) is 11.8 Å². The summed E-state index contributed by atoms with van der Waals surface area (Å²) in [5, 5.41) is 3.86. The highest BCUT2D eigenvalue weighted by Crippen LogP contribution is 2.22. The number of benzene rings is 3. The minimum absolute atomic E-state index is 0.123. The Balaban J connectivity index is 1.56. The quantitative estimate of drug-likeness (QED) is 0.284. The highest BCUT2D eigenvalue weighted by Gasteiger charge is 2.31. The summed E-state index contributed by atoms with van der Waals surface area (Å²) in [4.78, 5) is 29.2. The number of hydrogen-bond acceptors (Lipinski definition) is 3. The van der Waals surface area contributed by atoms with Crippen molar-refractivity contribution in [3.63, 3.8) is 0 Å². The average molecular weight is 553 g/mol. The molecule has 2 amide bonds. The smallest absolute Gasteiger partial charge is 0.243 e. The van der Waals surface area contributed by atoms with E-state index in [2.05, 4.69) is 5.32 Å². The van der Waals surface area contributed by atoms with E-state index in [9.17, 15) is 14.0 Å². The maximum absolute atomic E-state index is 14.1. The Morgan fingerprint density at radius 2 is 1.61 bits per heavy atom. The fourth-order valence-corrected chi connectivity index (χ4v) is 5.85. The topological polar surface area (TPSA) is 49.4 Å². The van der Waals surface area contributed by atoms with Gasteiger partial charge < -0.3 is 10.2 Å². The summed E-state index contributed by atoms with van der Waals surface area (Å²) in [6, 6.07) is 23.2. The Morgan fingerprint density at radius 3 is 2.32 bits per heavy atom. The first kappa shape index (κ1) is 28.2. The Morgan fingerprint density at radius 1 is 0.921 bits per heavy atom. The molecule has 3 aromatic rings. The molecule has 38 heavy (non-hydrogen) atoms. The lowest BCUT2D eigenvalue weighted by molar-refractivity contribution is -0.139. The lowest BCUT2D eigenvalue weighted by atomic mass is 9.94. The van der Waals surface area contributed by atoms with Crippen molar-refractivity contribution in [2.24, 2.45) is 0 Å². The van der Waals surface area contributed by atoms with Crippen LogP contribution in [0.15, 0.2) is 78.9 Å². The molecule has 0 aliphatic heterocycles. The van der Waals surface area contributed by atoms with Gasteiger partial charge >= 0.3 is 0 Å². The van der Waals surface area contributed by atoms with Crippen LogP contribution in [0.5, 0.6) is 0 Å². The molecular formula is C31H34ClFN2O2S. The Hall–Kier alpha value is -2.83. The van der Waals surface area contributed by atoms with Gasteiger partial charge in [-0.1, -0.05) is 91.5 Å². The summed E-state index contributed by atoms with van der Waals surface area (Å²) >= 11 is 7.46. The average Bonchev–Trinajstić information content (AvgIpc) is 2.94. The van der Waals surface area contributed by atoms with Crippen LogP contribution in [0.2, 0.25) is 5.02 Å². The fraction of sp³-hybridized carbons (Fsp3) is 0.355. The van der Waals surface area contributed by atoms with Crippen LogP contribution >= 0.6 is 23.4 Å². The second kappa shape index (κ2) is 14.4. The summed E-state index contributed by atoms with van der Waals surface area (Å²) in [6.45, 7) is 0.284. The van der Waals surface area contributed by atoms with Crippen molar-refractivity contribution in [2.75, 3.05) is 5.75 Å². The lowest BCUT2D eigenvalue weighted by Crippen LogP contribution is -2.53. The molecule has 1 aliphatic rings. The molecule has 1 saturated carbocycles. The molecule has 0 spiro atoms. The Bertz CT molecular complexity index is 1190. The van der Waals surface area contributed by atoms with E-state index in [4.69, 9.17) is 11.6 Å². The number of hydrogen-bond donors (Lipinski definition) is 1. The maximum atomic E-state index is 14.1. The number of halogens is 2. The van der Waals surface area contributed by atoms with Gasteiger partial charge in [0, 0.05) is 29.8 Å². The molecule has 7 heteroatoms. The van der Waals surface area contributed by atoms with E-state index in [-0.39, 0.29) is 36.0 Å². The molecule has 0 radical (unpaired) electrons. The van der Waals surface area contributed by atoms with Gasteiger partial charge in [-0.05, 0) is 47.7 Å². The van der Waals surface area contributed by atoms with E-state index in [0.29, 0.717) is 22.8 Å². The molecule has 0 aromatic heterocycles. The van der Waals surface area contributed by atoms with Crippen LogP contribution in [0, 0.1) is 5.82 Å². The van der Waals surface area contributed by atoms with E-state index in [0.717, 1.165) is 36.8 Å². The molecule has 4 nitrogen and oxygen atoms in total. The molecule has 0 heterocycles. The lowest BCUT2D eigenvalue weighted by Gasteiger charge is -2.33. The van der Waals surface area contributed by atoms with Crippen LogP contribution in [-0.4, -0.2) is 34.6 Å². The first-order valence-corrected chi connectivity index (χ1v) is 14.7. The number of nitrogens with zero attached hydrogens (tertiary/aromatic N) is 1. The van der Waals surface area contributed by atoms with Gasteiger partial charge in [0.05, 0.1) is 5.75 Å². The summed E-state index contributed by atoms with van der Waals surface area (Å²) < 4.78 is 14.1. The first-order chi connectivity index (χ1) is 18.5. The number of thioether (sulfide) groups is 1. The molecule has 3 aromatic carbocycles. The summed E-state index contributed by atoms with van der Waals surface area (Å²) in [5.74, 6) is -0.0307. The zero-order chi connectivity index (χ0) is 26.7. The third kappa shape index (κ3) is 8.34. The SMILES string of the molecule is O=C(NC1CCCCC1)C(Cc1ccccc1)N(Cc1ccc(Cl)cc1)C(=O)CSCc1ccccc1F. The molecule has 1 N–H and O–H groups in total. The monoisotopic (exact) mass is 552 g/mol. The van der Waals surface area contributed by atoms with E-state index in [1.54, 1.807) is 35.2 Å². The van der Waals surface area contributed by atoms with E-state index in [1.807, 2.05) is 42.5 Å². The van der Waals surface area contributed by atoms with Gasteiger partial charge in [0.1, 0.15) is 11.9 Å². The summed E-state index contributed by atoms with van der Waals surface area (Å²) in [6.07, 6.45) is 5.75. The van der Waals surface area contributed by atoms with Gasteiger partial charge in [-0.2, -0.15) is 0 Å². The van der Waals surface area contributed by atoms with E-state index < -0.39 is 6.04 Å². The number of carbonyl (C=O) groups excluding carboxylic acids is 2. The van der Waals surface area contributed by atoms with E-state index >= 15 is 0 Å². The molecule has 200 valence electrons. The van der Waals surface area contributed by atoms with Crippen LogP contribution < -0.4 is 5.32 Å². The molecule has 1 unspecified atom stereocenters. The van der Waals surface area contributed by atoms with Crippen molar-refractivity contribution in [1.29, 1.82) is 0 Å². The highest BCUT2D eigenvalue weighted by molar-refractivity contribution is 7.99. The largest absolute Gasteiger partial charge is 0.352 e. The molecule has 0 saturated heterocycles. The third-order valence-electron chi connectivity index (χ3n) is 6.93. The van der Waals surface area contributed by atoms with Crippen molar-refractivity contribution in [1.82, 2.24) is 10.2 Å². The van der Waals surface area contributed by atoms with Crippen LogP contribution in [0.4, 0.5) is 4.39 Å². The van der Waals surface area contributed by atoms with Crippen LogP contribution in [0.3, 0.4) is 0 Å². The second-order valence-corrected chi connectivity index (χ2v) is 11.2. The molecule has 1 fully saturated rings. The van der Waals surface area contributed by atoms with Crippen molar-refractivity contribution in [3.8, 4) is 0 Å². The molecule has 1 aliphatic carbocycles. The zero-order valence-corrected chi connectivity index (χ0v) is 23.0. The zero-order valence-electron chi connectivity index (χ0n) is 21.5. The predicted octanol–water partition coefficient (Wildman–Crippen LogP) is 6.80. The standard InChI is InChI=1S/C31H34ClFN2O2S/c32-26-17-15-24(16-18-26)20-35(30(36)22-38-21-25-11-7-8-14-28(25)33)29(19-23-9-3-1-4-10-23)31(37)34-27-12-5-2-6-13-27/h1,3-4,7-11,14-18,27,29H,2,5-6,12-13,19-22H2,(H,34,37). The second-order valence-electron chi connectivity index (χ2n) is 9.78. The Kier molecular flexibility index (Phi) is 10.6. The number of nitrogens with one attached hydrogen (secondary N) is 1. The molecule has 1 atom stereocenters. The van der Waals surface area contributed by atoms with Crippen molar-refractivity contribution >= 4 is 35.2 Å². The Labute approximate surface area is 234 Å². The molecule has 4 rings (SSSR count). The summed E-state index contributed by atoms with van der Waals surface area (Å²) in [5.41, 5.74) is 2.44.